The van der Waals surface area contributed by atoms with Crippen LogP contribution in [-0.4, -0.2) is 13.8 Å². The number of nitrogens with zero attached hydrogens (tertiary/aromatic N) is 3. The number of hydrogen-bond acceptors (Lipinski definition) is 1. The Kier molecular flexibility index (Phi) is 3.67. The molecular formula is C35H23N3. The topological polar surface area (TPSA) is 21.7 Å². The fourth-order valence-electron chi connectivity index (χ4n) is 6.63. The number of hydrogen-bond donors (Lipinski definition) is 0. The van der Waals surface area contributed by atoms with Crippen LogP contribution in [-0.2, 0) is 0 Å². The first-order valence-corrected chi connectivity index (χ1v) is 13.1. The van der Waals surface area contributed by atoms with Gasteiger partial charge in [0.1, 0.15) is 0 Å². The third-order valence-corrected chi connectivity index (χ3v) is 8.21. The van der Waals surface area contributed by atoms with Crippen molar-refractivity contribution in [1.82, 2.24) is 13.8 Å². The summed E-state index contributed by atoms with van der Waals surface area (Å²) in [6.45, 7) is 4.36. The molecule has 178 valence electrons. The molecule has 0 unspecified atom stereocenters. The van der Waals surface area contributed by atoms with E-state index in [0.717, 1.165) is 16.8 Å². The van der Waals surface area contributed by atoms with E-state index in [0.29, 0.717) is 0 Å². The Hall–Kier alpha value is -4.89. The average molecular weight is 486 g/mol. The zero-order valence-corrected chi connectivity index (χ0v) is 21.2. The summed E-state index contributed by atoms with van der Waals surface area (Å²) in [7, 11) is 0. The summed E-state index contributed by atoms with van der Waals surface area (Å²) >= 11 is 0. The van der Waals surface area contributed by atoms with Gasteiger partial charge in [-0.25, -0.2) is 4.98 Å². The number of imidazole rings is 2. The Morgan fingerprint density at radius 1 is 0.500 bits per heavy atom. The van der Waals surface area contributed by atoms with Crippen molar-refractivity contribution in [2.45, 2.75) is 13.8 Å². The number of rotatable bonds is 1. The van der Waals surface area contributed by atoms with Crippen LogP contribution in [0.25, 0.3) is 76.8 Å². The van der Waals surface area contributed by atoms with Crippen molar-refractivity contribution in [3.05, 3.63) is 114 Å². The highest BCUT2D eigenvalue weighted by Gasteiger charge is 2.22. The summed E-state index contributed by atoms with van der Waals surface area (Å²) in [6, 6.07) is 38.0. The minimum absolute atomic E-state index is 0.971. The summed E-state index contributed by atoms with van der Waals surface area (Å²) in [5, 5.41) is 7.51. The maximum atomic E-state index is 5.24. The molecule has 0 radical (unpaired) electrons. The number of aromatic nitrogens is 3. The third-order valence-electron chi connectivity index (χ3n) is 8.21. The molecule has 0 saturated heterocycles. The second kappa shape index (κ2) is 6.90. The Bertz CT molecular complexity index is 2400. The van der Waals surface area contributed by atoms with Crippen molar-refractivity contribution in [2.24, 2.45) is 0 Å². The van der Waals surface area contributed by atoms with Gasteiger partial charge in [0.25, 0.3) is 0 Å². The zero-order valence-electron chi connectivity index (χ0n) is 21.2. The summed E-state index contributed by atoms with van der Waals surface area (Å²) in [5.74, 6) is 0.971. The van der Waals surface area contributed by atoms with Gasteiger partial charge >= 0.3 is 0 Å². The number of aryl methyl sites for hydroxylation is 2. The van der Waals surface area contributed by atoms with Crippen molar-refractivity contribution in [3.8, 4) is 11.1 Å². The normalized spacial score (nSPS) is 12.5. The van der Waals surface area contributed by atoms with Gasteiger partial charge in [0, 0.05) is 10.8 Å². The first-order valence-electron chi connectivity index (χ1n) is 13.1. The minimum Gasteiger partial charge on any atom is -0.277 e. The van der Waals surface area contributed by atoms with Gasteiger partial charge in [0.2, 0.25) is 5.78 Å². The molecule has 9 aromatic rings. The molecule has 3 nitrogen and oxygen atoms in total. The van der Waals surface area contributed by atoms with E-state index in [4.69, 9.17) is 4.98 Å². The maximum Gasteiger partial charge on any atom is 0.220 e. The molecule has 3 aromatic heterocycles. The largest absolute Gasteiger partial charge is 0.277 e. The Labute approximate surface area is 218 Å². The molecular weight excluding hydrogens is 462 g/mol. The van der Waals surface area contributed by atoms with Crippen LogP contribution in [0.4, 0.5) is 0 Å². The molecule has 38 heavy (non-hydrogen) atoms. The summed E-state index contributed by atoms with van der Waals surface area (Å²) < 4.78 is 4.74. The van der Waals surface area contributed by atoms with Crippen molar-refractivity contribution >= 4 is 65.7 Å². The first-order chi connectivity index (χ1) is 18.6. The second-order valence-electron chi connectivity index (χ2n) is 10.8. The van der Waals surface area contributed by atoms with E-state index < -0.39 is 0 Å². The minimum atomic E-state index is 0.971. The molecule has 3 heterocycles. The van der Waals surface area contributed by atoms with E-state index in [9.17, 15) is 0 Å². The van der Waals surface area contributed by atoms with Gasteiger partial charge in [-0.1, -0.05) is 77.9 Å². The van der Waals surface area contributed by atoms with Gasteiger partial charge in [0.05, 0.1) is 27.6 Å². The highest BCUT2D eigenvalue weighted by Crippen LogP contribution is 2.41. The van der Waals surface area contributed by atoms with Gasteiger partial charge in [-0.15, -0.1) is 0 Å². The molecule has 0 aliphatic rings. The molecule has 9 rings (SSSR count). The first kappa shape index (κ1) is 20.2. The van der Waals surface area contributed by atoms with E-state index >= 15 is 0 Å². The Morgan fingerprint density at radius 3 is 1.82 bits per heavy atom. The van der Waals surface area contributed by atoms with E-state index in [1.807, 2.05) is 0 Å². The van der Waals surface area contributed by atoms with Crippen LogP contribution in [0.1, 0.15) is 11.1 Å². The average Bonchev–Trinajstić information content (AvgIpc) is 3.54. The lowest BCUT2D eigenvalue weighted by Gasteiger charge is -2.07. The van der Waals surface area contributed by atoms with Crippen LogP contribution in [0.2, 0.25) is 0 Å². The van der Waals surface area contributed by atoms with Crippen molar-refractivity contribution in [2.75, 3.05) is 0 Å². The van der Waals surface area contributed by atoms with Crippen LogP contribution >= 0.6 is 0 Å². The quantitative estimate of drug-likeness (QED) is 0.227. The molecule has 0 amide bonds. The number of benzene rings is 6. The molecule has 0 aliphatic heterocycles. The molecule has 0 saturated carbocycles. The lowest BCUT2D eigenvalue weighted by molar-refractivity contribution is 1.22. The van der Waals surface area contributed by atoms with E-state index in [1.54, 1.807) is 0 Å². The third kappa shape index (κ3) is 2.55. The molecule has 0 aliphatic carbocycles. The van der Waals surface area contributed by atoms with Crippen molar-refractivity contribution < 1.29 is 0 Å². The number of fused-ring (bicyclic) bond motifs is 10. The van der Waals surface area contributed by atoms with E-state index in [2.05, 4.69) is 126 Å². The predicted molar refractivity (Wildman–Crippen MR) is 160 cm³/mol. The molecule has 0 fully saturated rings. The van der Waals surface area contributed by atoms with E-state index in [1.165, 1.54) is 71.1 Å². The van der Waals surface area contributed by atoms with Crippen LogP contribution in [0.5, 0.6) is 0 Å². The maximum absolute atomic E-state index is 5.24. The van der Waals surface area contributed by atoms with Crippen LogP contribution in [0.15, 0.2) is 103 Å². The summed E-state index contributed by atoms with van der Waals surface area (Å²) in [4.78, 5) is 5.24. The van der Waals surface area contributed by atoms with Gasteiger partial charge in [0.15, 0.2) is 0 Å². The highest BCUT2D eigenvalue weighted by molar-refractivity contribution is 6.20. The van der Waals surface area contributed by atoms with Crippen LogP contribution in [0.3, 0.4) is 0 Å². The molecule has 0 atom stereocenters. The molecule has 0 spiro atoms. The highest BCUT2D eigenvalue weighted by atomic mass is 15.2. The van der Waals surface area contributed by atoms with Gasteiger partial charge in [-0.05, 0) is 82.9 Å². The summed E-state index contributed by atoms with van der Waals surface area (Å²) in [6.07, 6.45) is 0. The van der Waals surface area contributed by atoms with Gasteiger partial charge in [-0.2, -0.15) is 0 Å². The Balaban J connectivity index is 1.54. The van der Waals surface area contributed by atoms with Crippen LogP contribution in [0, 0.1) is 13.8 Å². The predicted octanol–water partition coefficient (Wildman–Crippen LogP) is 9.07. The Morgan fingerprint density at radius 2 is 1.11 bits per heavy atom. The molecule has 0 bridgehead atoms. The summed E-state index contributed by atoms with van der Waals surface area (Å²) in [5.41, 5.74) is 10.9. The molecule has 6 aromatic carbocycles. The lowest BCUT2D eigenvalue weighted by atomic mass is 9.98. The SMILES string of the molecule is Cc1cc(C)cc(-c2cc3c4cc5ccccc5cc4n4c3c(c2)n2c3cc5ccccc5cc3nc24)c1. The molecule has 0 N–H and O–H groups in total. The van der Waals surface area contributed by atoms with Gasteiger partial charge in [-0.3, -0.25) is 8.80 Å². The van der Waals surface area contributed by atoms with E-state index in [-0.39, 0.29) is 0 Å². The fraction of sp³-hybridized carbons (Fsp3) is 0.0571. The van der Waals surface area contributed by atoms with Crippen LogP contribution < -0.4 is 0 Å². The monoisotopic (exact) mass is 485 g/mol. The second-order valence-corrected chi connectivity index (χ2v) is 10.8. The molecule has 3 heteroatoms. The van der Waals surface area contributed by atoms with Gasteiger partial charge < -0.3 is 0 Å². The smallest absolute Gasteiger partial charge is 0.220 e. The standard InChI is InChI=1S/C35H23N3/c1-20-11-21(2)13-26(12-20)27-15-29-28-14-22-7-3-5-9-24(22)17-31(28)38-34(29)33(19-27)37-32-18-25-10-6-4-8-23(25)16-30(32)36-35(37)38/h3-19H,1-2H3. The zero-order chi connectivity index (χ0) is 25.1. The lowest BCUT2D eigenvalue weighted by Crippen LogP contribution is -1.86. The fourth-order valence-corrected chi connectivity index (χ4v) is 6.63. The van der Waals surface area contributed by atoms with Crippen molar-refractivity contribution in [3.63, 3.8) is 0 Å². The van der Waals surface area contributed by atoms with Crippen molar-refractivity contribution in [1.29, 1.82) is 0 Å².